The second-order valence-electron chi connectivity index (χ2n) is 4.29. The highest BCUT2D eigenvalue weighted by atomic mass is 16.3. The van der Waals surface area contributed by atoms with Gasteiger partial charge < -0.3 is 10.0 Å². The third kappa shape index (κ3) is 2.26. The van der Waals surface area contributed by atoms with Gasteiger partial charge in [0, 0.05) is 13.1 Å². The highest BCUT2D eigenvalue weighted by molar-refractivity contribution is 5.25. The molecule has 0 radical (unpaired) electrons. The maximum Gasteiger partial charge on any atom is 0.115 e. The summed E-state index contributed by atoms with van der Waals surface area (Å²) in [5.74, 6) is 1.24. The van der Waals surface area contributed by atoms with E-state index in [1.165, 1.54) is 25.1 Å². The minimum atomic E-state index is 0.358. The van der Waals surface area contributed by atoms with Gasteiger partial charge >= 0.3 is 0 Å². The Labute approximate surface area is 85.2 Å². The first-order valence-corrected chi connectivity index (χ1v) is 5.20. The number of aryl methyl sites for hydroxylation is 1. The highest BCUT2D eigenvalue weighted by Gasteiger charge is 2.22. The molecule has 1 aliphatic heterocycles. The molecule has 2 heteroatoms. The Kier molecular flexibility index (Phi) is 2.73. The molecule has 0 unspecified atom stereocenters. The molecule has 1 heterocycles. The summed E-state index contributed by atoms with van der Waals surface area (Å²) in [6, 6.07) is 7.56. The fourth-order valence-corrected chi connectivity index (χ4v) is 2.04. The van der Waals surface area contributed by atoms with Gasteiger partial charge in [0.25, 0.3) is 0 Å². The smallest absolute Gasteiger partial charge is 0.115 e. The molecule has 0 amide bonds. The average Bonchev–Trinajstić information content (AvgIpc) is 2.13. The molecule has 1 fully saturated rings. The Bertz CT molecular complexity index is 288. The molecular formula is C12H17NO. The molecule has 0 atom stereocenters. The first kappa shape index (κ1) is 9.53. The van der Waals surface area contributed by atoms with E-state index in [1.807, 2.05) is 12.1 Å². The number of rotatable bonds is 3. The molecule has 1 aromatic rings. The molecule has 1 aliphatic rings. The van der Waals surface area contributed by atoms with E-state index in [1.54, 1.807) is 12.1 Å². The molecule has 1 aromatic carbocycles. The van der Waals surface area contributed by atoms with Crippen LogP contribution >= 0.6 is 0 Å². The van der Waals surface area contributed by atoms with Gasteiger partial charge in [-0.05, 0) is 43.5 Å². The van der Waals surface area contributed by atoms with Gasteiger partial charge in [-0.15, -0.1) is 0 Å². The van der Waals surface area contributed by atoms with Crippen LogP contribution in [-0.4, -0.2) is 30.1 Å². The number of hydrogen-bond donors (Lipinski definition) is 1. The van der Waals surface area contributed by atoms with E-state index in [2.05, 4.69) is 11.9 Å². The summed E-state index contributed by atoms with van der Waals surface area (Å²) in [6.07, 6.45) is 2.41. The van der Waals surface area contributed by atoms with Gasteiger partial charge in [-0.2, -0.15) is 0 Å². The third-order valence-electron chi connectivity index (χ3n) is 2.92. The van der Waals surface area contributed by atoms with Crippen LogP contribution < -0.4 is 0 Å². The van der Waals surface area contributed by atoms with E-state index in [9.17, 15) is 0 Å². The quantitative estimate of drug-likeness (QED) is 0.788. The Morgan fingerprint density at radius 2 is 1.93 bits per heavy atom. The van der Waals surface area contributed by atoms with Crippen LogP contribution in [0.25, 0.3) is 0 Å². The standard InChI is InChI=1S/C12H17NO/c1-13-8-11(9-13)3-2-10-4-6-12(14)7-5-10/h4-7,11,14H,2-3,8-9H2,1H3. The molecular weight excluding hydrogens is 174 g/mol. The summed E-state index contributed by atoms with van der Waals surface area (Å²) >= 11 is 0. The lowest BCUT2D eigenvalue weighted by Gasteiger charge is -2.36. The molecule has 1 saturated heterocycles. The molecule has 1 N–H and O–H groups in total. The molecule has 14 heavy (non-hydrogen) atoms. The van der Waals surface area contributed by atoms with E-state index >= 15 is 0 Å². The Balaban J connectivity index is 1.78. The molecule has 76 valence electrons. The van der Waals surface area contributed by atoms with Crippen LogP contribution in [0, 0.1) is 5.92 Å². The minimum absolute atomic E-state index is 0.358. The van der Waals surface area contributed by atoms with Crippen molar-refractivity contribution in [3.63, 3.8) is 0 Å². The van der Waals surface area contributed by atoms with Crippen molar-refractivity contribution in [3.05, 3.63) is 29.8 Å². The number of benzene rings is 1. The zero-order chi connectivity index (χ0) is 9.97. The predicted octanol–water partition coefficient (Wildman–Crippen LogP) is 1.89. The van der Waals surface area contributed by atoms with Crippen LogP contribution in [0.5, 0.6) is 5.75 Å². The van der Waals surface area contributed by atoms with Crippen LogP contribution in [0.4, 0.5) is 0 Å². The molecule has 0 aliphatic carbocycles. The number of aromatic hydroxyl groups is 1. The summed E-state index contributed by atoms with van der Waals surface area (Å²) in [5.41, 5.74) is 1.33. The van der Waals surface area contributed by atoms with Gasteiger partial charge in [-0.25, -0.2) is 0 Å². The molecule has 0 aromatic heterocycles. The van der Waals surface area contributed by atoms with Crippen LogP contribution in [0.2, 0.25) is 0 Å². The average molecular weight is 191 g/mol. The zero-order valence-electron chi connectivity index (χ0n) is 8.61. The molecule has 2 nitrogen and oxygen atoms in total. The number of likely N-dealkylation sites (tertiary alicyclic amines) is 1. The van der Waals surface area contributed by atoms with Crippen LogP contribution in [0.15, 0.2) is 24.3 Å². The van der Waals surface area contributed by atoms with Gasteiger partial charge in [-0.3, -0.25) is 0 Å². The van der Waals surface area contributed by atoms with Crippen molar-refractivity contribution in [2.24, 2.45) is 5.92 Å². The minimum Gasteiger partial charge on any atom is -0.508 e. The lowest BCUT2D eigenvalue weighted by Crippen LogP contribution is -2.43. The van der Waals surface area contributed by atoms with Crippen molar-refractivity contribution in [2.75, 3.05) is 20.1 Å². The van der Waals surface area contributed by atoms with E-state index in [0.717, 1.165) is 12.3 Å². The molecule has 2 rings (SSSR count). The summed E-state index contributed by atoms with van der Waals surface area (Å²) in [5, 5.41) is 9.12. The monoisotopic (exact) mass is 191 g/mol. The maximum absolute atomic E-state index is 9.12. The van der Waals surface area contributed by atoms with Crippen molar-refractivity contribution in [1.82, 2.24) is 4.90 Å². The largest absolute Gasteiger partial charge is 0.508 e. The summed E-state index contributed by atoms with van der Waals surface area (Å²) < 4.78 is 0. The highest BCUT2D eigenvalue weighted by Crippen LogP contribution is 2.20. The van der Waals surface area contributed by atoms with Crippen LogP contribution in [0.1, 0.15) is 12.0 Å². The third-order valence-corrected chi connectivity index (χ3v) is 2.92. The number of phenols is 1. The van der Waals surface area contributed by atoms with Crippen molar-refractivity contribution < 1.29 is 5.11 Å². The fraction of sp³-hybridized carbons (Fsp3) is 0.500. The van der Waals surface area contributed by atoms with Crippen molar-refractivity contribution in [2.45, 2.75) is 12.8 Å². The first-order chi connectivity index (χ1) is 6.74. The normalized spacial score (nSPS) is 18.1. The molecule has 0 spiro atoms. The number of hydrogen-bond acceptors (Lipinski definition) is 2. The van der Waals surface area contributed by atoms with Crippen molar-refractivity contribution >= 4 is 0 Å². The molecule has 0 saturated carbocycles. The summed E-state index contributed by atoms with van der Waals surface area (Å²) in [7, 11) is 2.16. The second-order valence-corrected chi connectivity index (χ2v) is 4.29. The van der Waals surface area contributed by atoms with E-state index in [-0.39, 0.29) is 0 Å². The number of nitrogens with zero attached hydrogens (tertiary/aromatic N) is 1. The van der Waals surface area contributed by atoms with Crippen LogP contribution in [-0.2, 0) is 6.42 Å². The maximum atomic E-state index is 9.12. The second kappa shape index (κ2) is 4.01. The fourth-order valence-electron chi connectivity index (χ4n) is 2.04. The summed E-state index contributed by atoms with van der Waals surface area (Å²) in [6.45, 7) is 2.50. The van der Waals surface area contributed by atoms with Gasteiger partial charge in [0.05, 0.1) is 0 Å². The topological polar surface area (TPSA) is 23.5 Å². The lowest BCUT2D eigenvalue weighted by atomic mass is 9.93. The SMILES string of the molecule is CN1CC(CCc2ccc(O)cc2)C1. The van der Waals surface area contributed by atoms with Crippen molar-refractivity contribution in [1.29, 1.82) is 0 Å². The van der Waals surface area contributed by atoms with Gasteiger partial charge in [0.15, 0.2) is 0 Å². The van der Waals surface area contributed by atoms with Gasteiger partial charge in [0.2, 0.25) is 0 Å². The first-order valence-electron chi connectivity index (χ1n) is 5.20. The van der Waals surface area contributed by atoms with Gasteiger partial charge in [-0.1, -0.05) is 12.1 Å². The van der Waals surface area contributed by atoms with E-state index in [4.69, 9.17) is 5.11 Å². The molecule has 0 bridgehead atoms. The van der Waals surface area contributed by atoms with E-state index in [0.29, 0.717) is 5.75 Å². The zero-order valence-corrected chi connectivity index (χ0v) is 8.61. The predicted molar refractivity (Wildman–Crippen MR) is 57.4 cm³/mol. The summed E-state index contributed by atoms with van der Waals surface area (Å²) in [4.78, 5) is 2.35. The number of phenolic OH excluding ortho intramolecular Hbond substituents is 1. The Morgan fingerprint density at radius 3 is 2.50 bits per heavy atom. The van der Waals surface area contributed by atoms with Gasteiger partial charge in [0.1, 0.15) is 5.75 Å². The lowest BCUT2D eigenvalue weighted by molar-refractivity contribution is 0.127. The Morgan fingerprint density at radius 1 is 1.29 bits per heavy atom. The van der Waals surface area contributed by atoms with Crippen molar-refractivity contribution in [3.8, 4) is 5.75 Å². The van der Waals surface area contributed by atoms with Crippen LogP contribution in [0.3, 0.4) is 0 Å². The van der Waals surface area contributed by atoms with E-state index < -0.39 is 0 Å². The Hall–Kier alpha value is -1.02.